The Kier molecular flexibility index (Phi) is 4.75. The van der Waals surface area contributed by atoms with E-state index in [0.29, 0.717) is 4.90 Å². The molecule has 2 N–H and O–H groups in total. The number of rotatable bonds is 4. The van der Waals surface area contributed by atoms with E-state index < -0.39 is 9.84 Å². The summed E-state index contributed by atoms with van der Waals surface area (Å²) in [4.78, 5) is 4.91. The Hall–Kier alpha value is -1.50. The van der Waals surface area contributed by atoms with Gasteiger partial charge in [0.05, 0.1) is 15.8 Å². The summed E-state index contributed by atoms with van der Waals surface area (Å²) in [6.07, 6.45) is 8.15. The van der Waals surface area contributed by atoms with Gasteiger partial charge in [0.25, 0.3) is 0 Å². The molecule has 2 aromatic rings. The number of hydrogen-bond donors (Lipinski definition) is 1. The molecule has 136 valence electrons. The first-order valence-electron chi connectivity index (χ1n) is 8.90. The van der Waals surface area contributed by atoms with Crippen LogP contribution >= 0.6 is 15.9 Å². The molecule has 2 aliphatic rings. The second-order valence-electron chi connectivity index (χ2n) is 7.08. The predicted octanol–water partition coefficient (Wildman–Crippen LogP) is 4.34. The number of sulfone groups is 1. The third-order valence-corrected chi connectivity index (χ3v) is 7.86. The summed E-state index contributed by atoms with van der Waals surface area (Å²) < 4.78 is 26.6. The highest BCUT2D eigenvalue weighted by Crippen LogP contribution is 2.39. The van der Waals surface area contributed by atoms with Gasteiger partial charge in [-0.2, -0.15) is 0 Å². The van der Waals surface area contributed by atoms with Crippen LogP contribution in [0.2, 0.25) is 0 Å². The van der Waals surface area contributed by atoms with Gasteiger partial charge in [0.1, 0.15) is 0 Å². The van der Waals surface area contributed by atoms with Gasteiger partial charge in [-0.05, 0) is 67.5 Å². The lowest BCUT2D eigenvalue weighted by Gasteiger charge is -2.18. The largest absolute Gasteiger partial charge is 0.327 e. The van der Waals surface area contributed by atoms with Crippen molar-refractivity contribution in [2.24, 2.45) is 5.73 Å². The molecule has 0 aliphatic heterocycles. The summed E-state index contributed by atoms with van der Waals surface area (Å²) in [5.74, 6) is 0. The number of benzene rings is 1. The molecular formula is C20H21BrN2O2S. The Morgan fingerprint density at radius 3 is 2.62 bits per heavy atom. The van der Waals surface area contributed by atoms with Gasteiger partial charge in [-0.1, -0.05) is 28.1 Å². The number of halogens is 1. The maximum atomic E-state index is 12.9. The molecule has 1 unspecified atom stereocenters. The molecule has 1 saturated carbocycles. The van der Waals surface area contributed by atoms with Crippen molar-refractivity contribution in [2.45, 2.75) is 48.3 Å². The molecule has 0 bridgehead atoms. The first-order valence-corrected chi connectivity index (χ1v) is 11.2. The van der Waals surface area contributed by atoms with Crippen LogP contribution in [0, 0.1) is 0 Å². The van der Waals surface area contributed by atoms with E-state index in [1.807, 2.05) is 24.3 Å². The molecule has 26 heavy (non-hydrogen) atoms. The van der Waals surface area contributed by atoms with E-state index in [0.717, 1.165) is 53.4 Å². The maximum Gasteiger partial charge on any atom is 0.181 e. The summed E-state index contributed by atoms with van der Waals surface area (Å²) in [5, 5.41) is -0.237. The van der Waals surface area contributed by atoms with Gasteiger partial charge in [-0.25, -0.2) is 8.42 Å². The predicted molar refractivity (Wildman–Crippen MR) is 107 cm³/mol. The number of hydrogen-bond acceptors (Lipinski definition) is 4. The van der Waals surface area contributed by atoms with Crippen LogP contribution in [0.5, 0.6) is 0 Å². The van der Waals surface area contributed by atoms with Gasteiger partial charge in [0.15, 0.2) is 9.84 Å². The van der Waals surface area contributed by atoms with Crippen molar-refractivity contribution in [1.82, 2.24) is 4.98 Å². The molecule has 1 aromatic carbocycles. The number of aromatic nitrogens is 1. The van der Waals surface area contributed by atoms with Crippen molar-refractivity contribution < 1.29 is 8.42 Å². The topological polar surface area (TPSA) is 73.1 Å². The zero-order valence-corrected chi connectivity index (χ0v) is 16.8. The molecule has 4 rings (SSSR count). The average Bonchev–Trinajstić information content (AvgIpc) is 3.48. The summed E-state index contributed by atoms with van der Waals surface area (Å²) in [5.41, 5.74) is 9.71. The van der Waals surface area contributed by atoms with Gasteiger partial charge in [-0.3, -0.25) is 4.98 Å². The molecule has 1 atom stereocenters. The third-order valence-electron chi connectivity index (χ3n) is 5.06. The van der Waals surface area contributed by atoms with Crippen LogP contribution in [-0.2, 0) is 9.84 Å². The van der Waals surface area contributed by atoms with Crippen molar-refractivity contribution in [2.75, 3.05) is 0 Å². The second-order valence-corrected chi connectivity index (χ2v) is 10.2. The van der Waals surface area contributed by atoms with Crippen molar-refractivity contribution >= 4 is 31.3 Å². The zero-order chi connectivity index (χ0) is 18.3. The summed E-state index contributed by atoms with van der Waals surface area (Å²) in [6, 6.07) is 9.60. The fraction of sp³-hybridized carbons (Fsp3) is 0.350. The number of pyridine rings is 1. The van der Waals surface area contributed by atoms with E-state index in [2.05, 4.69) is 27.0 Å². The van der Waals surface area contributed by atoms with Crippen LogP contribution in [0.4, 0.5) is 0 Å². The lowest BCUT2D eigenvalue weighted by atomic mass is 9.92. The van der Waals surface area contributed by atoms with Crippen LogP contribution in [0.25, 0.3) is 16.7 Å². The fourth-order valence-corrected chi connectivity index (χ4v) is 5.80. The van der Waals surface area contributed by atoms with Crippen molar-refractivity contribution in [3.8, 4) is 11.1 Å². The summed E-state index contributed by atoms with van der Waals surface area (Å²) in [6.45, 7) is 0. The van der Waals surface area contributed by atoms with Gasteiger partial charge < -0.3 is 5.73 Å². The monoisotopic (exact) mass is 432 g/mol. The standard InChI is InChI=1S/C20H21BrN2O2S/c21-15-3-8-18(20(12-15)26(24,25)17-6-7-17)14-9-10-23-19(11-14)13-1-4-16(22)5-2-13/h1,3,8-12,16-17H,2,4-7,22H2. The quantitative estimate of drug-likeness (QED) is 0.779. The minimum atomic E-state index is -3.29. The summed E-state index contributed by atoms with van der Waals surface area (Å²) >= 11 is 3.42. The molecule has 6 heteroatoms. The van der Waals surface area contributed by atoms with Crippen LogP contribution in [0.1, 0.15) is 37.8 Å². The normalized spacial score (nSPS) is 20.7. The van der Waals surface area contributed by atoms with Gasteiger partial charge >= 0.3 is 0 Å². The number of allylic oxidation sites excluding steroid dienone is 1. The lowest BCUT2D eigenvalue weighted by Crippen LogP contribution is -2.21. The first-order chi connectivity index (χ1) is 12.4. The van der Waals surface area contributed by atoms with E-state index in [-0.39, 0.29) is 11.3 Å². The minimum Gasteiger partial charge on any atom is -0.327 e. The van der Waals surface area contributed by atoms with E-state index in [1.165, 1.54) is 5.57 Å². The average molecular weight is 433 g/mol. The van der Waals surface area contributed by atoms with E-state index in [1.54, 1.807) is 12.3 Å². The van der Waals surface area contributed by atoms with E-state index >= 15 is 0 Å². The molecule has 0 saturated heterocycles. The van der Waals surface area contributed by atoms with Crippen LogP contribution in [0.15, 0.2) is 52.0 Å². The highest BCUT2D eigenvalue weighted by molar-refractivity contribution is 9.10. The molecule has 2 aliphatic carbocycles. The minimum absolute atomic E-state index is 0.226. The third kappa shape index (κ3) is 3.50. The van der Waals surface area contributed by atoms with E-state index in [4.69, 9.17) is 5.73 Å². The Morgan fingerprint density at radius 2 is 1.92 bits per heavy atom. The Labute approximate surface area is 162 Å². The van der Waals surface area contributed by atoms with Crippen LogP contribution < -0.4 is 5.73 Å². The molecule has 1 heterocycles. The lowest BCUT2D eigenvalue weighted by molar-refractivity contribution is 0.595. The van der Waals surface area contributed by atoms with Crippen LogP contribution in [-0.4, -0.2) is 24.7 Å². The zero-order valence-electron chi connectivity index (χ0n) is 14.4. The molecule has 0 radical (unpaired) electrons. The molecular weight excluding hydrogens is 412 g/mol. The molecule has 1 aromatic heterocycles. The Balaban J connectivity index is 1.78. The maximum absolute atomic E-state index is 12.9. The first kappa shape index (κ1) is 17.9. The SMILES string of the molecule is NC1CC=C(c2cc(-c3ccc(Br)cc3S(=O)(=O)C3CC3)ccn2)CC1. The Morgan fingerprint density at radius 1 is 1.12 bits per heavy atom. The van der Waals surface area contributed by atoms with Crippen molar-refractivity contribution in [3.05, 3.63) is 52.8 Å². The Bertz CT molecular complexity index is 981. The van der Waals surface area contributed by atoms with Crippen molar-refractivity contribution in [3.63, 3.8) is 0 Å². The van der Waals surface area contributed by atoms with Crippen molar-refractivity contribution in [1.29, 1.82) is 0 Å². The molecule has 0 amide bonds. The highest BCUT2D eigenvalue weighted by atomic mass is 79.9. The molecule has 4 nitrogen and oxygen atoms in total. The van der Waals surface area contributed by atoms with Gasteiger partial charge in [0.2, 0.25) is 0 Å². The summed E-state index contributed by atoms with van der Waals surface area (Å²) in [7, 11) is -3.29. The number of nitrogens with two attached hydrogens (primary N) is 1. The highest BCUT2D eigenvalue weighted by Gasteiger charge is 2.38. The fourth-order valence-electron chi connectivity index (χ4n) is 3.39. The molecule has 1 fully saturated rings. The van der Waals surface area contributed by atoms with Crippen LogP contribution in [0.3, 0.4) is 0 Å². The second kappa shape index (κ2) is 6.91. The van der Waals surface area contributed by atoms with Gasteiger partial charge in [0, 0.05) is 22.3 Å². The smallest absolute Gasteiger partial charge is 0.181 e. The van der Waals surface area contributed by atoms with Gasteiger partial charge in [-0.15, -0.1) is 0 Å². The molecule has 0 spiro atoms. The number of nitrogens with zero attached hydrogens (tertiary/aromatic N) is 1. The van der Waals surface area contributed by atoms with E-state index in [9.17, 15) is 8.42 Å².